The Morgan fingerprint density at radius 1 is 0.931 bits per heavy atom. The predicted octanol–water partition coefficient (Wildman–Crippen LogP) is 6.43. The molecule has 4 aromatic rings. The number of hydrogen-bond acceptors (Lipinski definition) is 2. The lowest BCUT2D eigenvalue weighted by Crippen LogP contribution is -2.06. The Kier molecular flexibility index (Phi) is 5.89. The molecule has 3 nitrogen and oxygen atoms in total. The number of hydrazone groups is 1. The average molecular weight is 422 g/mol. The van der Waals surface area contributed by atoms with Gasteiger partial charge in [-0.3, -0.25) is 0 Å². The minimum atomic E-state index is 0.469. The standard InChI is InChI=1S/C24H21Cl2N3/c1-17-7-2-3-8-18(17)15-29-16-19(20-9-4-5-12-24(20)29)13-27-28-14-21-22(25)10-6-11-23(21)26/h2-13,16,28H,14-15H2,1H3/b27-13-. The highest BCUT2D eigenvalue weighted by Crippen LogP contribution is 2.24. The monoisotopic (exact) mass is 421 g/mol. The molecule has 4 rings (SSSR count). The van der Waals surface area contributed by atoms with Gasteiger partial charge in [-0.1, -0.05) is 71.7 Å². The number of benzene rings is 3. The van der Waals surface area contributed by atoms with E-state index in [4.69, 9.17) is 23.2 Å². The average Bonchev–Trinajstić information content (AvgIpc) is 3.06. The number of hydrogen-bond donors (Lipinski definition) is 1. The fraction of sp³-hybridized carbons (Fsp3) is 0.125. The summed E-state index contributed by atoms with van der Waals surface area (Å²) in [5, 5.41) is 6.84. The molecule has 1 N–H and O–H groups in total. The van der Waals surface area contributed by atoms with Gasteiger partial charge in [0.15, 0.2) is 0 Å². The van der Waals surface area contributed by atoms with Gasteiger partial charge in [-0.2, -0.15) is 5.10 Å². The van der Waals surface area contributed by atoms with Crippen LogP contribution in [0.5, 0.6) is 0 Å². The molecule has 0 unspecified atom stereocenters. The molecular formula is C24H21Cl2N3. The zero-order valence-electron chi connectivity index (χ0n) is 16.1. The van der Waals surface area contributed by atoms with Crippen LogP contribution < -0.4 is 5.43 Å². The molecule has 3 aromatic carbocycles. The molecule has 29 heavy (non-hydrogen) atoms. The molecule has 1 heterocycles. The second-order valence-corrected chi connectivity index (χ2v) is 7.76. The third-order valence-corrected chi connectivity index (χ3v) is 5.74. The van der Waals surface area contributed by atoms with Crippen LogP contribution in [-0.2, 0) is 13.1 Å². The van der Waals surface area contributed by atoms with Crippen LogP contribution in [0.2, 0.25) is 10.0 Å². The lowest BCUT2D eigenvalue weighted by atomic mass is 10.1. The quantitative estimate of drug-likeness (QED) is 0.282. The van der Waals surface area contributed by atoms with Crippen LogP contribution in [0.15, 0.2) is 78.0 Å². The minimum absolute atomic E-state index is 0.469. The summed E-state index contributed by atoms with van der Waals surface area (Å²) < 4.78 is 2.27. The van der Waals surface area contributed by atoms with Crippen LogP contribution in [0.3, 0.4) is 0 Å². The van der Waals surface area contributed by atoms with Crippen molar-refractivity contribution in [2.24, 2.45) is 5.10 Å². The van der Waals surface area contributed by atoms with Crippen LogP contribution in [0.4, 0.5) is 0 Å². The van der Waals surface area contributed by atoms with E-state index in [0.29, 0.717) is 16.6 Å². The Morgan fingerprint density at radius 3 is 2.45 bits per heavy atom. The smallest absolute Gasteiger partial charge is 0.0609 e. The number of aryl methyl sites for hydroxylation is 1. The van der Waals surface area contributed by atoms with Gasteiger partial charge in [0.25, 0.3) is 0 Å². The SMILES string of the molecule is Cc1ccccc1Cn1cc(/C=N\NCc2c(Cl)cccc2Cl)c2ccccc21. The maximum atomic E-state index is 6.22. The summed E-state index contributed by atoms with van der Waals surface area (Å²) >= 11 is 12.4. The summed E-state index contributed by atoms with van der Waals surface area (Å²) in [5.74, 6) is 0. The van der Waals surface area contributed by atoms with Gasteiger partial charge in [-0.15, -0.1) is 0 Å². The van der Waals surface area contributed by atoms with Gasteiger partial charge in [-0.05, 0) is 36.2 Å². The molecule has 0 spiro atoms. The Hall–Kier alpha value is -2.75. The van der Waals surface area contributed by atoms with E-state index >= 15 is 0 Å². The summed E-state index contributed by atoms with van der Waals surface area (Å²) in [6, 6.07) is 22.3. The zero-order chi connectivity index (χ0) is 20.2. The molecule has 0 bridgehead atoms. The fourth-order valence-corrected chi connectivity index (χ4v) is 3.95. The Labute approximate surface area is 180 Å². The van der Waals surface area contributed by atoms with Gasteiger partial charge >= 0.3 is 0 Å². The van der Waals surface area contributed by atoms with E-state index in [1.807, 2.05) is 24.4 Å². The molecule has 0 saturated carbocycles. The molecule has 0 aliphatic heterocycles. The molecule has 0 radical (unpaired) electrons. The first-order chi connectivity index (χ1) is 14.1. The summed E-state index contributed by atoms with van der Waals surface area (Å²) in [4.78, 5) is 0. The van der Waals surface area contributed by atoms with Crippen molar-refractivity contribution in [2.75, 3.05) is 0 Å². The van der Waals surface area contributed by atoms with Crippen LogP contribution in [0.25, 0.3) is 10.9 Å². The van der Waals surface area contributed by atoms with Crippen LogP contribution in [0.1, 0.15) is 22.3 Å². The van der Waals surface area contributed by atoms with Crippen molar-refractivity contribution >= 4 is 40.3 Å². The van der Waals surface area contributed by atoms with E-state index in [9.17, 15) is 0 Å². The van der Waals surface area contributed by atoms with E-state index < -0.39 is 0 Å². The van der Waals surface area contributed by atoms with Gasteiger partial charge in [-0.25, -0.2) is 0 Å². The van der Waals surface area contributed by atoms with Crippen LogP contribution in [0, 0.1) is 6.92 Å². The van der Waals surface area contributed by atoms with Gasteiger partial charge in [0.2, 0.25) is 0 Å². The van der Waals surface area contributed by atoms with Crippen molar-refractivity contribution in [3.63, 3.8) is 0 Å². The molecule has 1 aromatic heterocycles. The van der Waals surface area contributed by atoms with Crippen molar-refractivity contribution in [2.45, 2.75) is 20.0 Å². The molecule has 5 heteroatoms. The highest BCUT2D eigenvalue weighted by molar-refractivity contribution is 6.35. The van der Waals surface area contributed by atoms with Crippen molar-refractivity contribution < 1.29 is 0 Å². The number of halogens is 2. The summed E-state index contributed by atoms with van der Waals surface area (Å²) in [6.45, 7) is 3.44. The Bertz CT molecular complexity index is 1160. The third-order valence-electron chi connectivity index (χ3n) is 5.03. The summed E-state index contributed by atoms with van der Waals surface area (Å²) in [7, 11) is 0. The lowest BCUT2D eigenvalue weighted by Gasteiger charge is -2.08. The first-order valence-electron chi connectivity index (χ1n) is 9.44. The van der Waals surface area contributed by atoms with E-state index in [1.165, 1.54) is 22.0 Å². The van der Waals surface area contributed by atoms with E-state index in [1.54, 1.807) is 0 Å². The topological polar surface area (TPSA) is 29.3 Å². The second kappa shape index (κ2) is 8.73. The zero-order valence-corrected chi connectivity index (χ0v) is 17.6. The lowest BCUT2D eigenvalue weighted by molar-refractivity contribution is 0.748. The van der Waals surface area contributed by atoms with Crippen molar-refractivity contribution in [3.8, 4) is 0 Å². The largest absolute Gasteiger partial charge is 0.342 e. The molecule has 0 aliphatic rings. The van der Waals surface area contributed by atoms with Crippen molar-refractivity contribution in [3.05, 3.63) is 105 Å². The highest BCUT2D eigenvalue weighted by Gasteiger charge is 2.08. The number of nitrogens with one attached hydrogen (secondary N) is 1. The first kappa shape index (κ1) is 19.6. The Balaban J connectivity index is 1.56. The normalized spacial score (nSPS) is 11.4. The van der Waals surface area contributed by atoms with Gasteiger partial charge < -0.3 is 9.99 Å². The van der Waals surface area contributed by atoms with Crippen molar-refractivity contribution in [1.29, 1.82) is 0 Å². The van der Waals surface area contributed by atoms with Gasteiger partial charge in [0.05, 0.1) is 12.8 Å². The van der Waals surface area contributed by atoms with Gasteiger partial charge in [0.1, 0.15) is 0 Å². The second-order valence-electron chi connectivity index (χ2n) is 6.95. The number of aromatic nitrogens is 1. The first-order valence-corrected chi connectivity index (χ1v) is 10.2. The fourth-order valence-electron chi connectivity index (χ4n) is 3.42. The Morgan fingerprint density at radius 2 is 1.66 bits per heavy atom. The molecule has 146 valence electrons. The molecule has 0 aliphatic carbocycles. The molecule has 0 saturated heterocycles. The molecular weight excluding hydrogens is 401 g/mol. The summed E-state index contributed by atoms with van der Waals surface area (Å²) in [5.41, 5.74) is 8.75. The maximum Gasteiger partial charge on any atom is 0.0609 e. The minimum Gasteiger partial charge on any atom is -0.342 e. The number of nitrogens with zero attached hydrogens (tertiary/aromatic N) is 2. The van der Waals surface area contributed by atoms with Crippen LogP contribution in [-0.4, -0.2) is 10.8 Å². The van der Waals surface area contributed by atoms with Crippen molar-refractivity contribution in [1.82, 2.24) is 9.99 Å². The number of rotatable bonds is 6. The highest BCUT2D eigenvalue weighted by atomic mass is 35.5. The van der Waals surface area contributed by atoms with Gasteiger partial charge in [0, 0.05) is 44.8 Å². The van der Waals surface area contributed by atoms with E-state index in [2.05, 4.69) is 76.7 Å². The van der Waals surface area contributed by atoms with E-state index in [-0.39, 0.29) is 0 Å². The maximum absolute atomic E-state index is 6.22. The predicted molar refractivity (Wildman–Crippen MR) is 123 cm³/mol. The number of para-hydroxylation sites is 1. The molecule has 0 atom stereocenters. The van der Waals surface area contributed by atoms with Crippen LogP contribution >= 0.6 is 23.2 Å². The molecule has 0 fully saturated rings. The summed E-state index contributed by atoms with van der Waals surface area (Å²) in [6.07, 6.45) is 3.99. The van der Waals surface area contributed by atoms with E-state index in [0.717, 1.165) is 17.7 Å². The molecule has 0 amide bonds. The number of fused-ring (bicyclic) bond motifs is 1. The third kappa shape index (κ3) is 4.31.